The van der Waals surface area contributed by atoms with Gasteiger partial charge in [0.1, 0.15) is 4.70 Å². The van der Waals surface area contributed by atoms with E-state index < -0.39 is 5.97 Å². The first-order chi connectivity index (χ1) is 15.3. The molecule has 8 nitrogen and oxygen atoms in total. The van der Waals surface area contributed by atoms with Crippen molar-refractivity contribution in [3.63, 3.8) is 0 Å². The summed E-state index contributed by atoms with van der Waals surface area (Å²) in [6.45, 7) is 0.419. The summed E-state index contributed by atoms with van der Waals surface area (Å²) in [6.07, 6.45) is 1.82. The van der Waals surface area contributed by atoms with Crippen LogP contribution in [0.15, 0.2) is 45.7 Å². The van der Waals surface area contributed by atoms with E-state index in [9.17, 15) is 19.5 Å². The molecule has 0 unspecified atom stereocenters. The van der Waals surface area contributed by atoms with Gasteiger partial charge in [0.25, 0.3) is 5.56 Å². The molecule has 1 amide bonds. The van der Waals surface area contributed by atoms with Crippen molar-refractivity contribution in [1.82, 2.24) is 9.55 Å². The van der Waals surface area contributed by atoms with Gasteiger partial charge in [-0.1, -0.05) is 18.2 Å². The van der Waals surface area contributed by atoms with Gasteiger partial charge in [-0.25, -0.2) is 4.98 Å². The second-order valence-corrected chi connectivity index (χ2v) is 9.31. The number of carbonyl (C=O) groups excluding carboxylic acids is 2. The third kappa shape index (κ3) is 6.33. The summed E-state index contributed by atoms with van der Waals surface area (Å²) in [5.74, 6) is -1.14. The van der Waals surface area contributed by atoms with Crippen LogP contribution in [0.2, 0.25) is 0 Å². The molecule has 3 rings (SSSR count). The molecule has 0 bridgehead atoms. The number of anilines is 2. The van der Waals surface area contributed by atoms with E-state index in [0.29, 0.717) is 46.9 Å². The van der Waals surface area contributed by atoms with Crippen LogP contribution < -0.4 is 20.9 Å². The Hall–Kier alpha value is -2.85. The SMILES string of the molecule is CN(C)c1ccc(NC(=O)CSc2nc3ccsc3c(=O)n2CCCCCC(=O)[O-])cc1. The number of aliphatic carboxylic acids is 1. The van der Waals surface area contributed by atoms with E-state index in [4.69, 9.17) is 0 Å². The Bertz CT molecular complexity index is 1140. The van der Waals surface area contributed by atoms with Gasteiger partial charge in [0.2, 0.25) is 5.91 Å². The van der Waals surface area contributed by atoms with E-state index in [1.54, 1.807) is 10.6 Å². The van der Waals surface area contributed by atoms with Gasteiger partial charge in [-0.05, 0) is 55.0 Å². The molecular weight excluding hydrogens is 448 g/mol. The number of rotatable bonds is 11. The van der Waals surface area contributed by atoms with Gasteiger partial charge in [0.05, 0.1) is 11.3 Å². The smallest absolute Gasteiger partial charge is 0.272 e. The molecule has 10 heteroatoms. The topological polar surface area (TPSA) is 107 Å². The first-order valence-corrected chi connectivity index (χ1v) is 12.1. The van der Waals surface area contributed by atoms with Crippen LogP contribution in [-0.4, -0.2) is 41.3 Å². The number of thiophene rings is 1. The lowest BCUT2D eigenvalue weighted by Crippen LogP contribution is -2.24. The monoisotopic (exact) mass is 473 g/mol. The number of fused-ring (bicyclic) bond motifs is 1. The Labute approximate surface area is 194 Å². The highest BCUT2D eigenvalue weighted by Gasteiger charge is 2.14. The van der Waals surface area contributed by atoms with Gasteiger partial charge < -0.3 is 20.1 Å². The van der Waals surface area contributed by atoms with Crippen molar-refractivity contribution in [2.24, 2.45) is 0 Å². The van der Waals surface area contributed by atoms with E-state index in [-0.39, 0.29) is 23.6 Å². The van der Waals surface area contributed by atoms with E-state index in [0.717, 1.165) is 5.69 Å². The molecule has 3 aromatic rings. The zero-order valence-electron chi connectivity index (χ0n) is 18.0. The average molecular weight is 474 g/mol. The van der Waals surface area contributed by atoms with Crippen molar-refractivity contribution in [2.45, 2.75) is 37.4 Å². The molecule has 1 N–H and O–H groups in total. The third-order valence-corrected chi connectivity index (χ3v) is 6.66. The maximum atomic E-state index is 12.9. The van der Waals surface area contributed by atoms with E-state index in [1.165, 1.54) is 23.1 Å². The van der Waals surface area contributed by atoms with Crippen molar-refractivity contribution in [3.8, 4) is 0 Å². The second kappa shape index (κ2) is 11.1. The van der Waals surface area contributed by atoms with Crippen molar-refractivity contribution < 1.29 is 14.7 Å². The zero-order chi connectivity index (χ0) is 23.1. The fraction of sp³-hybridized carbons (Fsp3) is 0.364. The van der Waals surface area contributed by atoms with Crippen LogP contribution in [0.3, 0.4) is 0 Å². The van der Waals surface area contributed by atoms with Gasteiger partial charge in [0.15, 0.2) is 5.16 Å². The predicted octanol–water partition coefficient (Wildman–Crippen LogP) is 2.57. The molecule has 0 atom stereocenters. The maximum absolute atomic E-state index is 12.9. The van der Waals surface area contributed by atoms with Crippen LogP contribution in [-0.2, 0) is 16.1 Å². The minimum Gasteiger partial charge on any atom is -0.550 e. The van der Waals surface area contributed by atoms with Gasteiger partial charge >= 0.3 is 0 Å². The number of benzene rings is 1. The molecule has 0 aliphatic carbocycles. The minimum atomic E-state index is -1.07. The number of nitrogens with zero attached hydrogens (tertiary/aromatic N) is 3. The fourth-order valence-electron chi connectivity index (χ4n) is 3.12. The lowest BCUT2D eigenvalue weighted by Gasteiger charge is -2.13. The highest BCUT2D eigenvalue weighted by atomic mass is 32.2. The quantitative estimate of drug-likeness (QED) is 0.259. The van der Waals surface area contributed by atoms with E-state index in [2.05, 4.69) is 10.3 Å². The number of carbonyl (C=O) groups is 2. The van der Waals surface area contributed by atoms with Crippen molar-refractivity contribution in [3.05, 3.63) is 46.1 Å². The Balaban J connectivity index is 1.66. The van der Waals surface area contributed by atoms with Crippen LogP contribution in [0.1, 0.15) is 25.7 Å². The van der Waals surface area contributed by atoms with Gasteiger partial charge in [-0.2, -0.15) is 0 Å². The second-order valence-electron chi connectivity index (χ2n) is 7.45. The summed E-state index contributed by atoms with van der Waals surface area (Å²) in [4.78, 5) is 42.5. The molecule has 0 saturated heterocycles. The number of thioether (sulfide) groups is 1. The zero-order valence-corrected chi connectivity index (χ0v) is 19.6. The highest BCUT2D eigenvalue weighted by Crippen LogP contribution is 2.22. The molecule has 2 heterocycles. The number of amides is 1. The largest absolute Gasteiger partial charge is 0.550 e. The molecule has 32 heavy (non-hydrogen) atoms. The number of hydrogen-bond acceptors (Lipinski definition) is 8. The first-order valence-electron chi connectivity index (χ1n) is 10.2. The molecule has 170 valence electrons. The predicted molar refractivity (Wildman–Crippen MR) is 127 cm³/mol. The molecule has 0 aliphatic rings. The minimum absolute atomic E-state index is 0.00834. The number of aromatic nitrogens is 2. The molecule has 0 fully saturated rings. The Kier molecular flexibility index (Phi) is 8.29. The third-order valence-electron chi connectivity index (χ3n) is 4.79. The summed E-state index contributed by atoms with van der Waals surface area (Å²) < 4.78 is 2.16. The van der Waals surface area contributed by atoms with E-state index in [1.807, 2.05) is 48.6 Å². The van der Waals surface area contributed by atoms with Crippen molar-refractivity contribution in [2.75, 3.05) is 30.1 Å². The normalized spacial score (nSPS) is 10.9. The number of nitrogens with one attached hydrogen (secondary N) is 1. The molecule has 0 saturated carbocycles. The Morgan fingerprint density at radius 1 is 1.16 bits per heavy atom. The number of carboxylic acid groups (broad SMARTS) is 1. The summed E-state index contributed by atoms with van der Waals surface area (Å²) >= 11 is 2.56. The summed E-state index contributed by atoms with van der Waals surface area (Å²) in [5.41, 5.74) is 2.23. The van der Waals surface area contributed by atoms with Gasteiger partial charge in [0, 0.05) is 38.0 Å². The molecule has 1 aromatic carbocycles. The molecule has 0 spiro atoms. The summed E-state index contributed by atoms with van der Waals surface area (Å²) in [6, 6.07) is 9.33. The van der Waals surface area contributed by atoms with Crippen LogP contribution in [0.5, 0.6) is 0 Å². The van der Waals surface area contributed by atoms with Gasteiger partial charge in [-0.15, -0.1) is 11.3 Å². The number of unbranched alkanes of at least 4 members (excludes halogenated alkanes) is 2. The van der Waals surface area contributed by atoms with Crippen LogP contribution >= 0.6 is 23.1 Å². The summed E-state index contributed by atoms with van der Waals surface area (Å²) in [5, 5.41) is 15.7. The summed E-state index contributed by atoms with van der Waals surface area (Å²) in [7, 11) is 3.90. The average Bonchev–Trinajstić information content (AvgIpc) is 3.22. The lowest BCUT2D eigenvalue weighted by molar-refractivity contribution is -0.305. The van der Waals surface area contributed by atoms with E-state index >= 15 is 0 Å². The Morgan fingerprint density at radius 2 is 1.91 bits per heavy atom. The van der Waals surface area contributed by atoms with Gasteiger partial charge in [-0.3, -0.25) is 14.2 Å². The molecular formula is C22H25N4O4S2-. The van der Waals surface area contributed by atoms with Crippen LogP contribution in [0, 0.1) is 0 Å². The lowest BCUT2D eigenvalue weighted by atomic mass is 10.2. The highest BCUT2D eigenvalue weighted by molar-refractivity contribution is 7.99. The van der Waals surface area contributed by atoms with Crippen molar-refractivity contribution in [1.29, 1.82) is 0 Å². The van der Waals surface area contributed by atoms with Crippen LogP contribution in [0.25, 0.3) is 10.2 Å². The van der Waals surface area contributed by atoms with Crippen LogP contribution in [0.4, 0.5) is 11.4 Å². The molecule has 0 aliphatic heterocycles. The Morgan fingerprint density at radius 3 is 2.59 bits per heavy atom. The maximum Gasteiger partial charge on any atom is 0.272 e. The fourth-order valence-corrected chi connectivity index (χ4v) is 4.72. The molecule has 2 aromatic heterocycles. The molecule has 0 radical (unpaired) electrons. The number of hydrogen-bond donors (Lipinski definition) is 1. The van der Waals surface area contributed by atoms with Crippen molar-refractivity contribution >= 4 is 56.6 Å². The standard InChI is InChI=1S/C22H26N4O4S2/c1-25(2)16-9-7-15(8-10-16)23-18(27)14-32-22-24-17-11-13-31-20(17)21(30)26(22)12-5-3-4-6-19(28)29/h7-11,13H,3-6,12,14H2,1-2H3,(H,23,27)(H,28,29)/p-1. The number of carboxylic acids is 1. The first kappa shape index (κ1) is 23.8.